The summed E-state index contributed by atoms with van der Waals surface area (Å²) in [5, 5.41) is 8.65. The van der Waals surface area contributed by atoms with Crippen LogP contribution in [0, 0.1) is 5.92 Å². The van der Waals surface area contributed by atoms with Gasteiger partial charge in [-0.25, -0.2) is 4.79 Å². The van der Waals surface area contributed by atoms with Crippen LogP contribution in [0.25, 0.3) is 0 Å². The fourth-order valence-corrected chi connectivity index (χ4v) is 4.69. The minimum absolute atomic E-state index is 0.0648. The molecule has 2 amide bonds. The molecule has 0 bridgehead atoms. The van der Waals surface area contributed by atoms with Gasteiger partial charge in [-0.15, -0.1) is 11.8 Å². The minimum Gasteiger partial charge on any atom is -0.482 e. The number of carbonyl (C=O) groups excluding carboxylic acids is 2. The molecule has 27 heavy (non-hydrogen) atoms. The van der Waals surface area contributed by atoms with E-state index in [-0.39, 0.29) is 17.7 Å². The van der Waals surface area contributed by atoms with Crippen molar-refractivity contribution in [3.8, 4) is 5.75 Å². The quantitative estimate of drug-likeness (QED) is 0.799. The molecule has 1 N–H and O–H groups in total. The third kappa shape index (κ3) is 4.55. The highest BCUT2D eigenvalue weighted by Crippen LogP contribution is 2.32. The van der Waals surface area contributed by atoms with Crippen LogP contribution in [0.15, 0.2) is 24.3 Å². The van der Waals surface area contributed by atoms with Gasteiger partial charge in [0.15, 0.2) is 6.61 Å². The van der Waals surface area contributed by atoms with Crippen LogP contribution >= 0.6 is 11.8 Å². The van der Waals surface area contributed by atoms with E-state index in [0.29, 0.717) is 23.1 Å². The van der Waals surface area contributed by atoms with E-state index >= 15 is 0 Å². The number of likely N-dealkylation sites (N-methyl/N-ethyl adjacent to an activating group) is 1. The maximum absolute atomic E-state index is 13.0. The Morgan fingerprint density at radius 2 is 1.89 bits per heavy atom. The van der Waals surface area contributed by atoms with Gasteiger partial charge in [-0.2, -0.15) is 0 Å². The molecule has 146 valence electrons. The largest absolute Gasteiger partial charge is 0.482 e. The normalized spacial score (nSPS) is 19.9. The lowest BCUT2D eigenvalue weighted by Crippen LogP contribution is -2.49. The second-order valence-corrected chi connectivity index (χ2v) is 7.88. The molecule has 1 unspecified atom stereocenters. The second-order valence-electron chi connectivity index (χ2n) is 6.88. The Balaban J connectivity index is 1.65. The average molecular weight is 392 g/mol. The highest BCUT2D eigenvalue weighted by atomic mass is 32.2. The van der Waals surface area contributed by atoms with Gasteiger partial charge >= 0.3 is 5.97 Å². The number of benzene rings is 1. The number of amides is 2. The minimum atomic E-state index is -1.04. The first-order valence-corrected chi connectivity index (χ1v) is 10.2. The van der Waals surface area contributed by atoms with Gasteiger partial charge in [-0.05, 0) is 37.1 Å². The molecular formula is C19H24N2O5S. The van der Waals surface area contributed by atoms with Crippen LogP contribution < -0.4 is 9.64 Å². The zero-order chi connectivity index (χ0) is 19.4. The molecule has 0 radical (unpaired) electrons. The summed E-state index contributed by atoms with van der Waals surface area (Å²) < 4.78 is 5.11. The van der Waals surface area contributed by atoms with Gasteiger partial charge in [0.05, 0.1) is 5.88 Å². The number of nitrogens with zero attached hydrogens (tertiary/aromatic N) is 2. The van der Waals surface area contributed by atoms with E-state index in [1.165, 1.54) is 0 Å². The van der Waals surface area contributed by atoms with E-state index in [9.17, 15) is 14.4 Å². The summed E-state index contributed by atoms with van der Waals surface area (Å²) in [6, 6.07) is 6.25. The molecule has 1 aliphatic heterocycles. The number of hydrogen-bond donors (Lipinski definition) is 1. The predicted octanol–water partition coefficient (Wildman–Crippen LogP) is 2.20. The Kier molecular flexibility index (Phi) is 6.26. The number of carboxylic acid groups (broad SMARTS) is 1. The smallest absolute Gasteiger partial charge is 0.341 e. The molecule has 7 nitrogen and oxygen atoms in total. The topological polar surface area (TPSA) is 87.2 Å². The summed E-state index contributed by atoms with van der Waals surface area (Å²) in [5.41, 5.74) is 0.674. The Morgan fingerprint density at radius 1 is 1.22 bits per heavy atom. The van der Waals surface area contributed by atoms with E-state index in [0.717, 1.165) is 25.7 Å². The maximum Gasteiger partial charge on any atom is 0.341 e. The molecule has 1 aromatic carbocycles. The molecule has 1 aliphatic carbocycles. The SMILES string of the molecule is CN(C(=O)C1CSCN1C(=O)C1CCCC1)c1ccc(OCC(=O)O)cc1. The first-order valence-electron chi connectivity index (χ1n) is 9.08. The monoisotopic (exact) mass is 392 g/mol. The van der Waals surface area contributed by atoms with E-state index in [1.807, 2.05) is 0 Å². The molecule has 2 aliphatic rings. The number of carboxylic acids is 1. The van der Waals surface area contributed by atoms with E-state index < -0.39 is 18.6 Å². The van der Waals surface area contributed by atoms with Crippen molar-refractivity contribution in [2.24, 2.45) is 5.92 Å². The zero-order valence-corrected chi connectivity index (χ0v) is 16.1. The van der Waals surface area contributed by atoms with E-state index in [4.69, 9.17) is 9.84 Å². The van der Waals surface area contributed by atoms with Gasteiger partial charge in [-0.3, -0.25) is 9.59 Å². The van der Waals surface area contributed by atoms with Crippen molar-refractivity contribution in [2.75, 3.05) is 30.2 Å². The van der Waals surface area contributed by atoms with Crippen molar-refractivity contribution in [3.63, 3.8) is 0 Å². The average Bonchev–Trinajstić information content (AvgIpc) is 3.36. The second kappa shape index (κ2) is 8.65. The third-order valence-corrected chi connectivity index (χ3v) is 6.08. The molecule has 3 rings (SSSR count). The van der Waals surface area contributed by atoms with Gasteiger partial charge < -0.3 is 19.6 Å². The molecule has 1 saturated carbocycles. The van der Waals surface area contributed by atoms with E-state index in [1.54, 1.807) is 52.9 Å². The van der Waals surface area contributed by atoms with Crippen LogP contribution in [-0.4, -0.2) is 59.1 Å². The number of hydrogen-bond acceptors (Lipinski definition) is 5. The molecule has 2 fully saturated rings. The van der Waals surface area contributed by atoms with Crippen LogP contribution in [0.4, 0.5) is 5.69 Å². The highest BCUT2D eigenvalue weighted by molar-refractivity contribution is 7.99. The van der Waals surface area contributed by atoms with Crippen LogP contribution in [0.3, 0.4) is 0 Å². The number of rotatable bonds is 6. The zero-order valence-electron chi connectivity index (χ0n) is 15.3. The van der Waals surface area contributed by atoms with Crippen molar-refractivity contribution in [1.29, 1.82) is 0 Å². The Bertz CT molecular complexity index is 703. The lowest BCUT2D eigenvalue weighted by Gasteiger charge is -2.29. The van der Waals surface area contributed by atoms with Crippen LogP contribution in [0.2, 0.25) is 0 Å². The third-order valence-electron chi connectivity index (χ3n) is 5.07. The molecular weight excluding hydrogens is 368 g/mol. The maximum atomic E-state index is 13.0. The summed E-state index contributed by atoms with van der Waals surface area (Å²) >= 11 is 1.61. The number of thioether (sulfide) groups is 1. The van der Waals surface area contributed by atoms with Crippen molar-refractivity contribution in [1.82, 2.24) is 4.90 Å². The van der Waals surface area contributed by atoms with Crippen molar-refractivity contribution in [3.05, 3.63) is 24.3 Å². The number of carbonyl (C=O) groups is 3. The number of anilines is 1. The summed E-state index contributed by atoms with van der Waals surface area (Å²) in [4.78, 5) is 39.6. The van der Waals surface area contributed by atoms with E-state index in [2.05, 4.69) is 0 Å². The van der Waals surface area contributed by atoms with Crippen LogP contribution in [0.1, 0.15) is 25.7 Å². The van der Waals surface area contributed by atoms with Gasteiger partial charge in [0, 0.05) is 24.4 Å². The molecule has 0 spiro atoms. The summed E-state index contributed by atoms with van der Waals surface area (Å²) in [6.07, 6.45) is 4.03. The molecule has 1 heterocycles. The Hall–Kier alpha value is -2.22. The molecule has 1 saturated heterocycles. The van der Waals surface area contributed by atoms with Crippen molar-refractivity contribution in [2.45, 2.75) is 31.7 Å². The van der Waals surface area contributed by atoms with Gasteiger partial charge in [-0.1, -0.05) is 12.8 Å². The summed E-state index contributed by atoms with van der Waals surface area (Å²) in [7, 11) is 1.69. The van der Waals surface area contributed by atoms with Gasteiger partial charge in [0.1, 0.15) is 11.8 Å². The lowest BCUT2D eigenvalue weighted by molar-refractivity contribution is -0.140. The molecule has 1 aromatic rings. The Morgan fingerprint density at radius 3 is 2.52 bits per heavy atom. The molecule has 1 atom stereocenters. The first kappa shape index (κ1) is 19.5. The van der Waals surface area contributed by atoms with Gasteiger partial charge in [0.2, 0.25) is 11.8 Å². The summed E-state index contributed by atoms with van der Waals surface area (Å²) in [5.74, 6) is 0.638. The molecule has 0 aromatic heterocycles. The van der Waals surface area contributed by atoms with Crippen molar-refractivity contribution < 1.29 is 24.2 Å². The van der Waals surface area contributed by atoms with Gasteiger partial charge in [0.25, 0.3) is 0 Å². The highest BCUT2D eigenvalue weighted by Gasteiger charge is 2.39. The summed E-state index contributed by atoms with van der Waals surface area (Å²) in [6.45, 7) is -0.411. The van der Waals surface area contributed by atoms with Crippen molar-refractivity contribution >= 4 is 35.2 Å². The molecule has 8 heteroatoms. The van der Waals surface area contributed by atoms with Crippen LogP contribution in [-0.2, 0) is 14.4 Å². The first-order chi connectivity index (χ1) is 13.0. The predicted molar refractivity (Wildman–Crippen MR) is 103 cm³/mol. The Labute approximate surface area is 162 Å². The number of ether oxygens (including phenoxy) is 1. The fourth-order valence-electron chi connectivity index (χ4n) is 3.53. The van der Waals surface area contributed by atoms with Crippen LogP contribution in [0.5, 0.6) is 5.75 Å². The fraction of sp³-hybridized carbons (Fsp3) is 0.526. The standard InChI is InChI=1S/C19H24N2O5S/c1-20(14-6-8-15(9-7-14)26-10-17(22)23)19(25)16-11-27-12-21(16)18(24)13-4-2-3-5-13/h6-9,13,16H,2-5,10-12H2,1H3,(H,22,23). The number of aliphatic carboxylic acids is 1. The lowest BCUT2D eigenvalue weighted by atomic mass is 10.1.